The normalized spacial score (nSPS) is 12.3. The van der Waals surface area contributed by atoms with Crippen molar-refractivity contribution in [3.05, 3.63) is 48.6 Å². The molecule has 0 heterocycles. The maximum absolute atomic E-state index is 12.9. The maximum atomic E-state index is 12.9. The van der Waals surface area contributed by atoms with Crippen LogP contribution in [0.25, 0.3) is 0 Å². The van der Waals surface area contributed by atoms with Gasteiger partial charge in [0.25, 0.3) is 0 Å². The van der Waals surface area contributed by atoms with Crippen molar-refractivity contribution in [2.24, 2.45) is 0 Å². The summed E-state index contributed by atoms with van der Waals surface area (Å²) in [6.07, 6.45) is 78.4. The fraction of sp³-hybridized carbons (Fsp3) is 0.838. The summed E-state index contributed by atoms with van der Waals surface area (Å²) in [5.41, 5.74) is 0. The number of carbonyl (C=O) groups excluding carboxylic acids is 3. The highest BCUT2D eigenvalue weighted by Crippen LogP contribution is 2.17. The second-order valence-corrected chi connectivity index (χ2v) is 22.0. The summed E-state index contributed by atoms with van der Waals surface area (Å²) in [5, 5.41) is 0. The van der Waals surface area contributed by atoms with Crippen molar-refractivity contribution in [1.82, 2.24) is 0 Å². The van der Waals surface area contributed by atoms with E-state index in [4.69, 9.17) is 14.2 Å². The molecule has 6 nitrogen and oxygen atoms in total. The third-order valence-corrected chi connectivity index (χ3v) is 14.5. The van der Waals surface area contributed by atoms with Crippen molar-refractivity contribution in [2.75, 3.05) is 13.2 Å². The van der Waals surface area contributed by atoms with Crippen molar-refractivity contribution < 1.29 is 28.6 Å². The summed E-state index contributed by atoms with van der Waals surface area (Å²) in [7, 11) is 0. The third-order valence-electron chi connectivity index (χ3n) is 14.5. The molecule has 1 atom stereocenters. The maximum Gasteiger partial charge on any atom is 0.306 e. The van der Waals surface area contributed by atoms with Crippen LogP contribution >= 0.6 is 0 Å². The smallest absolute Gasteiger partial charge is 0.306 e. The Balaban J connectivity index is 4.23. The lowest BCUT2D eigenvalue weighted by Gasteiger charge is -2.18. The highest BCUT2D eigenvalue weighted by Gasteiger charge is 2.19. The molecule has 0 amide bonds. The molecule has 0 aromatic rings. The predicted octanol–water partition coefficient (Wildman–Crippen LogP) is 22.2. The van der Waals surface area contributed by atoms with Crippen molar-refractivity contribution >= 4 is 17.9 Å². The first-order valence-electron chi connectivity index (χ1n) is 32.6. The van der Waals surface area contributed by atoms with Crippen LogP contribution in [0.2, 0.25) is 0 Å². The molecule has 0 aromatic heterocycles. The SMILES string of the molecule is CCCCC/C=C\C/C=C\CCCCCCCC(=O)OC(COC(=O)CCCCCCC/C=C\CCCCCCC)COC(=O)CCCCCCCCCCCCCCCCC/C=C\CCCCCCCCCC. The van der Waals surface area contributed by atoms with Crippen LogP contribution < -0.4 is 0 Å². The first-order valence-corrected chi connectivity index (χ1v) is 32.6. The zero-order valence-electron chi connectivity index (χ0n) is 49.6. The number of rotatable bonds is 60. The Hall–Kier alpha value is -2.63. The van der Waals surface area contributed by atoms with E-state index in [-0.39, 0.29) is 31.1 Å². The van der Waals surface area contributed by atoms with E-state index in [2.05, 4.69) is 69.4 Å². The molecule has 0 spiro atoms. The summed E-state index contributed by atoms with van der Waals surface area (Å²) < 4.78 is 16.9. The molecule has 0 aliphatic rings. The molecule has 0 bridgehead atoms. The number of allylic oxidation sites excluding steroid dienone is 8. The molecule has 74 heavy (non-hydrogen) atoms. The average molecular weight is 1040 g/mol. The topological polar surface area (TPSA) is 78.9 Å². The molecule has 0 aromatic carbocycles. The van der Waals surface area contributed by atoms with Gasteiger partial charge in [-0.05, 0) is 103 Å². The van der Waals surface area contributed by atoms with Crippen LogP contribution in [-0.4, -0.2) is 37.2 Å². The van der Waals surface area contributed by atoms with Gasteiger partial charge in [0.2, 0.25) is 0 Å². The van der Waals surface area contributed by atoms with E-state index in [1.165, 1.54) is 218 Å². The fourth-order valence-corrected chi connectivity index (χ4v) is 9.58. The van der Waals surface area contributed by atoms with E-state index in [1.54, 1.807) is 0 Å². The predicted molar refractivity (Wildman–Crippen MR) is 321 cm³/mol. The lowest BCUT2D eigenvalue weighted by atomic mass is 10.0. The number of hydrogen-bond acceptors (Lipinski definition) is 6. The molecule has 6 heteroatoms. The van der Waals surface area contributed by atoms with Gasteiger partial charge in [0.1, 0.15) is 13.2 Å². The second-order valence-electron chi connectivity index (χ2n) is 22.0. The Morgan fingerprint density at radius 2 is 0.486 bits per heavy atom. The zero-order valence-corrected chi connectivity index (χ0v) is 49.6. The number of esters is 3. The van der Waals surface area contributed by atoms with Crippen LogP contribution in [0.3, 0.4) is 0 Å². The van der Waals surface area contributed by atoms with Gasteiger partial charge in [0.15, 0.2) is 6.10 Å². The van der Waals surface area contributed by atoms with Crippen LogP contribution in [0.15, 0.2) is 48.6 Å². The number of carbonyl (C=O) groups is 3. The summed E-state index contributed by atoms with van der Waals surface area (Å²) in [5.74, 6) is -0.883. The highest BCUT2D eigenvalue weighted by molar-refractivity contribution is 5.71. The average Bonchev–Trinajstić information content (AvgIpc) is 3.40. The Kier molecular flexibility index (Phi) is 60.7. The van der Waals surface area contributed by atoms with E-state index >= 15 is 0 Å². The zero-order chi connectivity index (χ0) is 53.6. The monoisotopic (exact) mass is 1040 g/mol. The van der Waals surface area contributed by atoms with Crippen LogP contribution in [0.5, 0.6) is 0 Å². The van der Waals surface area contributed by atoms with Crippen molar-refractivity contribution in [2.45, 2.75) is 354 Å². The van der Waals surface area contributed by atoms with Gasteiger partial charge in [-0.3, -0.25) is 14.4 Å². The lowest BCUT2D eigenvalue weighted by molar-refractivity contribution is -0.167. The van der Waals surface area contributed by atoms with Gasteiger partial charge in [-0.2, -0.15) is 0 Å². The Bertz CT molecular complexity index is 1280. The first-order chi connectivity index (χ1) is 36.5. The number of hydrogen-bond donors (Lipinski definition) is 0. The minimum Gasteiger partial charge on any atom is -0.462 e. The van der Waals surface area contributed by atoms with Crippen molar-refractivity contribution in [3.8, 4) is 0 Å². The van der Waals surface area contributed by atoms with Crippen LogP contribution in [0, 0.1) is 0 Å². The quantitative estimate of drug-likeness (QED) is 0.0261. The molecule has 0 saturated heterocycles. The van der Waals surface area contributed by atoms with Gasteiger partial charge in [0.05, 0.1) is 0 Å². The van der Waals surface area contributed by atoms with Gasteiger partial charge in [-0.1, -0.05) is 275 Å². The molecule has 0 aliphatic heterocycles. The largest absolute Gasteiger partial charge is 0.462 e. The molecule has 0 N–H and O–H groups in total. The molecular formula is C68H124O6. The minimum absolute atomic E-state index is 0.0787. The van der Waals surface area contributed by atoms with E-state index in [1.807, 2.05) is 0 Å². The Labute approximate surface area is 460 Å². The summed E-state index contributed by atoms with van der Waals surface area (Å²) in [4.78, 5) is 38.3. The van der Waals surface area contributed by atoms with Crippen molar-refractivity contribution in [1.29, 1.82) is 0 Å². The molecule has 0 radical (unpaired) electrons. The van der Waals surface area contributed by atoms with Crippen molar-refractivity contribution in [3.63, 3.8) is 0 Å². The molecule has 1 unspecified atom stereocenters. The molecule has 432 valence electrons. The Morgan fingerprint density at radius 1 is 0.270 bits per heavy atom. The van der Waals surface area contributed by atoms with Crippen LogP contribution in [0.4, 0.5) is 0 Å². The number of ether oxygens (including phenoxy) is 3. The van der Waals surface area contributed by atoms with Gasteiger partial charge in [0, 0.05) is 19.3 Å². The van der Waals surface area contributed by atoms with E-state index in [0.717, 1.165) is 89.9 Å². The third kappa shape index (κ3) is 60.2. The standard InChI is InChI=1S/C68H124O6/c1-4-7-10-13-16-19-22-25-28-29-30-31-32-33-34-35-36-37-38-39-41-43-46-49-52-55-58-61-67(70)73-64-65(63-72-66(69)60-57-54-51-48-45-42-27-24-21-18-15-12-9-6-3)74-68(71)62-59-56-53-50-47-44-40-26-23-20-17-14-11-8-5-2/h17,20,24,26-27,29-30,40,65H,4-16,18-19,21-23,25,28,31-39,41-64H2,1-3H3/b20-17-,27-24-,30-29-,40-26-. The molecule has 0 rings (SSSR count). The van der Waals surface area contributed by atoms with Gasteiger partial charge >= 0.3 is 17.9 Å². The van der Waals surface area contributed by atoms with Crippen LogP contribution in [-0.2, 0) is 28.6 Å². The molecule has 0 aliphatic carbocycles. The van der Waals surface area contributed by atoms with E-state index in [0.29, 0.717) is 19.3 Å². The highest BCUT2D eigenvalue weighted by atomic mass is 16.6. The number of unbranched alkanes of at least 4 members (excludes halogenated alkanes) is 41. The van der Waals surface area contributed by atoms with E-state index < -0.39 is 6.10 Å². The molecule has 0 saturated carbocycles. The lowest BCUT2D eigenvalue weighted by Crippen LogP contribution is -2.30. The fourth-order valence-electron chi connectivity index (χ4n) is 9.58. The second kappa shape index (κ2) is 62.9. The summed E-state index contributed by atoms with van der Waals surface area (Å²) >= 11 is 0. The van der Waals surface area contributed by atoms with Gasteiger partial charge < -0.3 is 14.2 Å². The van der Waals surface area contributed by atoms with Gasteiger partial charge in [-0.15, -0.1) is 0 Å². The summed E-state index contributed by atoms with van der Waals surface area (Å²) in [6.45, 7) is 6.63. The minimum atomic E-state index is -0.783. The first kappa shape index (κ1) is 71.4. The molecular weight excluding hydrogens is 913 g/mol. The van der Waals surface area contributed by atoms with Crippen LogP contribution in [0.1, 0.15) is 348 Å². The van der Waals surface area contributed by atoms with E-state index in [9.17, 15) is 14.4 Å². The Morgan fingerprint density at radius 3 is 0.784 bits per heavy atom. The summed E-state index contributed by atoms with van der Waals surface area (Å²) in [6, 6.07) is 0. The van der Waals surface area contributed by atoms with Gasteiger partial charge in [-0.25, -0.2) is 0 Å². The molecule has 0 fully saturated rings.